The van der Waals surface area contributed by atoms with Crippen molar-refractivity contribution in [2.45, 2.75) is 29.8 Å². The Kier molecular flexibility index (Phi) is 3.15. The highest BCUT2D eigenvalue weighted by Crippen LogP contribution is 2.32. The lowest BCUT2D eigenvalue weighted by Gasteiger charge is -2.40. The van der Waals surface area contributed by atoms with Gasteiger partial charge in [-0.25, -0.2) is 22.5 Å². The van der Waals surface area contributed by atoms with Gasteiger partial charge in [0.15, 0.2) is 5.82 Å². The Labute approximate surface area is 98.7 Å². The van der Waals surface area contributed by atoms with Crippen LogP contribution in [-0.2, 0) is 10.0 Å². The second kappa shape index (κ2) is 4.32. The van der Waals surface area contributed by atoms with Crippen molar-refractivity contribution in [2.24, 2.45) is 0 Å². The fraction of sp³-hybridized carbons (Fsp3) is 0.500. The zero-order chi connectivity index (χ0) is 12.5. The number of sulfonamides is 1. The molecule has 0 aromatic carbocycles. The van der Waals surface area contributed by atoms with Gasteiger partial charge in [-0.05, 0) is 31.4 Å². The lowest BCUT2D eigenvalue weighted by molar-refractivity contribution is 0.110. The van der Waals surface area contributed by atoms with Crippen LogP contribution in [0.1, 0.15) is 19.3 Å². The molecule has 0 amide bonds. The number of halogens is 1. The lowest BCUT2D eigenvalue weighted by Crippen LogP contribution is -2.56. The highest BCUT2D eigenvalue weighted by molar-refractivity contribution is 7.89. The van der Waals surface area contributed by atoms with Crippen molar-refractivity contribution in [1.82, 2.24) is 9.71 Å². The van der Waals surface area contributed by atoms with E-state index in [-0.39, 0.29) is 6.61 Å². The van der Waals surface area contributed by atoms with Gasteiger partial charge in [-0.3, -0.25) is 0 Å². The summed E-state index contributed by atoms with van der Waals surface area (Å²) >= 11 is 0. The van der Waals surface area contributed by atoms with Crippen molar-refractivity contribution >= 4 is 10.0 Å². The molecule has 0 aliphatic heterocycles. The molecule has 1 aliphatic rings. The van der Waals surface area contributed by atoms with Crippen LogP contribution in [0.3, 0.4) is 0 Å². The molecule has 1 fully saturated rings. The molecule has 5 nitrogen and oxygen atoms in total. The number of rotatable bonds is 4. The first kappa shape index (κ1) is 12.4. The van der Waals surface area contributed by atoms with E-state index in [4.69, 9.17) is 0 Å². The Morgan fingerprint density at radius 3 is 2.71 bits per heavy atom. The summed E-state index contributed by atoms with van der Waals surface area (Å²) in [4.78, 5) is 3.52. The molecule has 0 bridgehead atoms. The van der Waals surface area contributed by atoms with Gasteiger partial charge in [-0.2, -0.15) is 0 Å². The normalized spacial score (nSPS) is 18.7. The molecule has 0 unspecified atom stereocenters. The maximum absolute atomic E-state index is 13.3. The van der Waals surface area contributed by atoms with E-state index in [0.717, 1.165) is 12.5 Å². The molecule has 1 saturated carbocycles. The van der Waals surface area contributed by atoms with Crippen LogP contribution < -0.4 is 4.72 Å². The lowest BCUT2D eigenvalue weighted by atomic mass is 9.78. The van der Waals surface area contributed by atoms with Gasteiger partial charge in [0.25, 0.3) is 10.0 Å². The molecular weight excluding hydrogens is 247 g/mol. The molecule has 0 radical (unpaired) electrons. The predicted octanol–water partition coefficient (Wildman–Crippen LogP) is 0.414. The van der Waals surface area contributed by atoms with E-state index in [2.05, 4.69) is 9.71 Å². The van der Waals surface area contributed by atoms with Gasteiger partial charge < -0.3 is 5.11 Å². The first-order valence-corrected chi connectivity index (χ1v) is 6.73. The number of hydrogen-bond donors (Lipinski definition) is 2. The highest BCUT2D eigenvalue weighted by Gasteiger charge is 2.41. The van der Waals surface area contributed by atoms with Crippen molar-refractivity contribution < 1.29 is 17.9 Å². The second-order valence-electron chi connectivity index (χ2n) is 4.19. The molecule has 17 heavy (non-hydrogen) atoms. The minimum absolute atomic E-state index is 0.291. The second-order valence-corrected chi connectivity index (χ2v) is 5.79. The maximum atomic E-state index is 13.3. The molecule has 1 aromatic rings. The number of hydrogen-bond acceptors (Lipinski definition) is 4. The van der Waals surface area contributed by atoms with Gasteiger partial charge in [-0.1, -0.05) is 0 Å². The van der Waals surface area contributed by atoms with E-state index in [1.807, 2.05) is 0 Å². The number of pyridine rings is 1. The Bertz CT molecular complexity index is 509. The van der Waals surface area contributed by atoms with Crippen LogP contribution in [0.5, 0.6) is 0 Å². The molecule has 7 heteroatoms. The van der Waals surface area contributed by atoms with Crippen molar-refractivity contribution in [2.75, 3.05) is 6.61 Å². The standard InChI is InChI=1S/C10H13FN2O3S/c11-8-3-1-6-12-9(8)17(15,16)13-10(7-14)4-2-5-10/h1,3,6,13-14H,2,4-5,7H2. The van der Waals surface area contributed by atoms with Crippen LogP contribution in [0.15, 0.2) is 23.4 Å². The number of nitrogens with one attached hydrogen (secondary N) is 1. The van der Waals surface area contributed by atoms with E-state index < -0.39 is 26.4 Å². The van der Waals surface area contributed by atoms with Crippen molar-refractivity contribution in [3.63, 3.8) is 0 Å². The molecule has 0 saturated heterocycles. The molecule has 2 N–H and O–H groups in total. The quantitative estimate of drug-likeness (QED) is 0.822. The van der Waals surface area contributed by atoms with Crippen LogP contribution in [0, 0.1) is 5.82 Å². The smallest absolute Gasteiger partial charge is 0.261 e. The summed E-state index contributed by atoms with van der Waals surface area (Å²) < 4.78 is 39.5. The SMILES string of the molecule is O=S(=O)(NC1(CO)CCC1)c1ncccc1F. The number of aliphatic hydroxyl groups is 1. The molecule has 0 spiro atoms. The summed E-state index contributed by atoms with van der Waals surface area (Å²) in [5.41, 5.74) is -0.844. The number of aliphatic hydroxyl groups excluding tert-OH is 1. The van der Waals surface area contributed by atoms with Crippen LogP contribution >= 0.6 is 0 Å². The molecule has 2 rings (SSSR count). The molecule has 94 valence electrons. The van der Waals surface area contributed by atoms with Crippen molar-refractivity contribution in [3.05, 3.63) is 24.1 Å². The minimum Gasteiger partial charge on any atom is -0.394 e. The highest BCUT2D eigenvalue weighted by atomic mass is 32.2. The molecule has 0 atom stereocenters. The van der Waals surface area contributed by atoms with Gasteiger partial charge in [0.2, 0.25) is 5.03 Å². The van der Waals surface area contributed by atoms with E-state index >= 15 is 0 Å². The van der Waals surface area contributed by atoms with Gasteiger partial charge in [0, 0.05) is 6.20 Å². The van der Waals surface area contributed by atoms with Crippen LogP contribution in [0.25, 0.3) is 0 Å². The molecule has 1 aromatic heterocycles. The van der Waals surface area contributed by atoms with Crippen molar-refractivity contribution in [1.29, 1.82) is 0 Å². The minimum atomic E-state index is -4.02. The first-order valence-electron chi connectivity index (χ1n) is 5.24. The third kappa shape index (κ3) is 2.31. The maximum Gasteiger partial charge on any atom is 0.261 e. The van der Waals surface area contributed by atoms with Crippen LogP contribution in [-0.4, -0.2) is 30.7 Å². The summed E-state index contributed by atoms with van der Waals surface area (Å²) in [7, 11) is -4.02. The van der Waals surface area contributed by atoms with Gasteiger partial charge in [0.05, 0.1) is 12.1 Å². The summed E-state index contributed by atoms with van der Waals surface area (Å²) in [6, 6.07) is 2.35. The van der Waals surface area contributed by atoms with Crippen LogP contribution in [0.2, 0.25) is 0 Å². The van der Waals surface area contributed by atoms with Gasteiger partial charge in [0.1, 0.15) is 0 Å². The van der Waals surface area contributed by atoms with E-state index in [1.54, 1.807) is 0 Å². The summed E-state index contributed by atoms with van der Waals surface area (Å²) in [5.74, 6) is -0.896. The summed E-state index contributed by atoms with van der Waals surface area (Å²) in [6.07, 6.45) is 3.16. The van der Waals surface area contributed by atoms with Crippen LogP contribution in [0.4, 0.5) is 4.39 Å². The van der Waals surface area contributed by atoms with E-state index in [1.165, 1.54) is 12.3 Å². The predicted molar refractivity (Wildman–Crippen MR) is 58.2 cm³/mol. The number of aromatic nitrogens is 1. The van der Waals surface area contributed by atoms with Gasteiger partial charge in [-0.15, -0.1) is 0 Å². The third-order valence-corrected chi connectivity index (χ3v) is 4.45. The zero-order valence-corrected chi connectivity index (χ0v) is 9.87. The topological polar surface area (TPSA) is 79.3 Å². The summed E-state index contributed by atoms with van der Waals surface area (Å²) in [5, 5.41) is 8.55. The summed E-state index contributed by atoms with van der Waals surface area (Å²) in [6.45, 7) is -0.291. The third-order valence-electron chi connectivity index (χ3n) is 2.94. The number of nitrogens with zero attached hydrogens (tertiary/aromatic N) is 1. The fourth-order valence-corrected chi connectivity index (χ4v) is 3.26. The fourth-order valence-electron chi connectivity index (χ4n) is 1.80. The van der Waals surface area contributed by atoms with Crippen molar-refractivity contribution in [3.8, 4) is 0 Å². The Hall–Kier alpha value is -1.05. The largest absolute Gasteiger partial charge is 0.394 e. The Morgan fingerprint density at radius 2 is 2.24 bits per heavy atom. The molecular formula is C10H13FN2O3S. The molecule has 1 heterocycles. The molecule has 1 aliphatic carbocycles. The van der Waals surface area contributed by atoms with Gasteiger partial charge >= 0.3 is 0 Å². The average Bonchev–Trinajstić information content (AvgIpc) is 2.24. The Balaban J connectivity index is 2.29. The first-order chi connectivity index (χ1) is 7.99. The Morgan fingerprint density at radius 1 is 1.53 bits per heavy atom. The monoisotopic (exact) mass is 260 g/mol. The van der Waals surface area contributed by atoms with E-state index in [0.29, 0.717) is 12.8 Å². The zero-order valence-electron chi connectivity index (χ0n) is 9.06. The average molecular weight is 260 g/mol. The van der Waals surface area contributed by atoms with E-state index in [9.17, 15) is 17.9 Å².